The molecule has 0 bridgehead atoms. The zero-order valence-corrected chi connectivity index (χ0v) is 17.4. The predicted octanol–water partition coefficient (Wildman–Crippen LogP) is 6.22. The van der Waals surface area contributed by atoms with Crippen LogP contribution in [0.15, 0.2) is 83.5 Å². The van der Waals surface area contributed by atoms with Gasteiger partial charge in [0.15, 0.2) is 0 Å². The first-order chi connectivity index (χ1) is 14.2. The molecule has 0 saturated carbocycles. The van der Waals surface area contributed by atoms with Crippen molar-refractivity contribution in [2.24, 2.45) is 0 Å². The number of pyridine rings is 1. The summed E-state index contributed by atoms with van der Waals surface area (Å²) in [6, 6.07) is 24.3. The second-order valence-corrected chi connectivity index (χ2v) is 7.78. The quantitative estimate of drug-likeness (QED) is 0.330. The maximum Gasteiger partial charge on any atom is 0.226 e. The second kappa shape index (κ2) is 7.33. The van der Waals surface area contributed by atoms with Crippen LogP contribution < -0.4 is 4.74 Å². The molecule has 5 aromatic rings. The lowest BCUT2D eigenvalue weighted by Gasteiger charge is -2.12. The molecular weight excluding hydrogens is 426 g/mol. The minimum absolute atomic E-state index is 0.431. The number of rotatable bonds is 4. The lowest BCUT2D eigenvalue weighted by molar-refractivity contribution is 0.287. The van der Waals surface area contributed by atoms with Crippen molar-refractivity contribution in [2.45, 2.75) is 13.5 Å². The van der Waals surface area contributed by atoms with Crippen molar-refractivity contribution >= 4 is 37.7 Å². The van der Waals surface area contributed by atoms with Gasteiger partial charge in [0.1, 0.15) is 12.1 Å². The normalized spacial score (nSPS) is 11.2. The molecule has 5 heteroatoms. The van der Waals surface area contributed by atoms with Crippen molar-refractivity contribution in [3.05, 3.63) is 94.6 Å². The summed E-state index contributed by atoms with van der Waals surface area (Å²) in [4.78, 5) is 4.63. The van der Waals surface area contributed by atoms with Gasteiger partial charge < -0.3 is 4.74 Å². The number of fused-ring (bicyclic) bond motifs is 3. The first-order valence-electron chi connectivity index (χ1n) is 9.41. The highest BCUT2D eigenvalue weighted by Gasteiger charge is 2.18. The Morgan fingerprint density at radius 2 is 1.66 bits per heavy atom. The molecule has 4 nitrogen and oxygen atoms in total. The van der Waals surface area contributed by atoms with E-state index < -0.39 is 0 Å². The molecule has 0 amide bonds. The maximum absolute atomic E-state index is 6.35. The van der Waals surface area contributed by atoms with Crippen molar-refractivity contribution < 1.29 is 4.74 Å². The highest BCUT2D eigenvalue weighted by molar-refractivity contribution is 9.10. The molecule has 0 atom stereocenters. The maximum atomic E-state index is 6.35. The molecule has 0 spiro atoms. The number of aromatic nitrogens is 3. The van der Waals surface area contributed by atoms with E-state index in [4.69, 9.17) is 9.84 Å². The van der Waals surface area contributed by atoms with Gasteiger partial charge in [-0.2, -0.15) is 9.78 Å². The standard InChI is InChI=1S/C24H18BrN3O/c1-16-8-2-7-13-22(16)28-24(29-15-17-9-3-5-11-20(17)25)19-14-26-21-12-6-4-10-18(21)23(19)27-28/h2-14H,15H2,1H3. The van der Waals surface area contributed by atoms with E-state index in [-0.39, 0.29) is 0 Å². The number of ether oxygens (including phenoxy) is 1. The van der Waals surface area contributed by atoms with Gasteiger partial charge in [0, 0.05) is 21.6 Å². The summed E-state index contributed by atoms with van der Waals surface area (Å²) in [6.07, 6.45) is 1.86. The zero-order chi connectivity index (χ0) is 19.8. The SMILES string of the molecule is Cc1ccccc1-n1nc2c(cnc3ccccc32)c1OCc1ccccc1Br. The van der Waals surface area contributed by atoms with Crippen LogP contribution in [0.4, 0.5) is 0 Å². The number of nitrogens with zero attached hydrogens (tertiary/aromatic N) is 3. The summed E-state index contributed by atoms with van der Waals surface area (Å²) >= 11 is 3.60. The van der Waals surface area contributed by atoms with Gasteiger partial charge in [-0.15, -0.1) is 0 Å². The van der Waals surface area contributed by atoms with E-state index in [1.165, 1.54) is 0 Å². The molecular formula is C24H18BrN3O. The lowest BCUT2D eigenvalue weighted by Crippen LogP contribution is -2.05. The van der Waals surface area contributed by atoms with Crippen LogP contribution in [0.2, 0.25) is 0 Å². The summed E-state index contributed by atoms with van der Waals surface area (Å²) < 4.78 is 9.26. The first kappa shape index (κ1) is 17.9. The number of benzene rings is 3. The smallest absolute Gasteiger partial charge is 0.226 e. The summed E-state index contributed by atoms with van der Waals surface area (Å²) in [5.41, 5.74) is 5.01. The van der Waals surface area contributed by atoms with Crippen molar-refractivity contribution in [2.75, 3.05) is 0 Å². The Labute approximate surface area is 176 Å². The molecule has 2 aromatic heterocycles. The van der Waals surface area contributed by atoms with Crippen LogP contribution in [0.5, 0.6) is 5.88 Å². The number of hydrogen-bond acceptors (Lipinski definition) is 3. The van der Waals surface area contributed by atoms with E-state index in [2.05, 4.69) is 46.0 Å². The second-order valence-electron chi connectivity index (χ2n) is 6.92. The molecule has 29 heavy (non-hydrogen) atoms. The van der Waals surface area contributed by atoms with E-state index in [0.29, 0.717) is 12.5 Å². The molecule has 142 valence electrons. The van der Waals surface area contributed by atoms with Crippen molar-refractivity contribution in [3.8, 4) is 11.6 Å². The summed E-state index contributed by atoms with van der Waals surface area (Å²) in [5.74, 6) is 0.698. The Morgan fingerprint density at radius 3 is 2.52 bits per heavy atom. The van der Waals surface area contributed by atoms with Crippen LogP contribution in [-0.2, 0) is 6.61 Å². The van der Waals surface area contributed by atoms with Gasteiger partial charge in [-0.25, -0.2) is 0 Å². The van der Waals surface area contributed by atoms with E-state index in [1.54, 1.807) is 0 Å². The molecule has 5 rings (SSSR count). The largest absolute Gasteiger partial charge is 0.472 e. The van der Waals surface area contributed by atoms with Crippen LogP contribution in [0, 0.1) is 6.92 Å². The third kappa shape index (κ3) is 3.17. The Kier molecular flexibility index (Phi) is 4.52. The molecule has 0 unspecified atom stereocenters. The van der Waals surface area contributed by atoms with Crippen molar-refractivity contribution in [3.63, 3.8) is 0 Å². The van der Waals surface area contributed by atoms with E-state index in [0.717, 1.165) is 43.1 Å². The minimum atomic E-state index is 0.431. The van der Waals surface area contributed by atoms with E-state index >= 15 is 0 Å². The number of aryl methyl sites for hydroxylation is 1. The van der Waals surface area contributed by atoms with Crippen molar-refractivity contribution in [1.29, 1.82) is 0 Å². The van der Waals surface area contributed by atoms with E-state index in [1.807, 2.05) is 65.5 Å². The van der Waals surface area contributed by atoms with Gasteiger partial charge >= 0.3 is 0 Å². The monoisotopic (exact) mass is 443 g/mol. The van der Waals surface area contributed by atoms with Crippen LogP contribution in [0.3, 0.4) is 0 Å². The molecule has 0 radical (unpaired) electrons. The van der Waals surface area contributed by atoms with Gasteiger partial charge in [-0.05, 0) is 30.7 Å². The van der Waals surface area contributed by atoms with Crippen LogP contribution in [-0.4, -0.2) is 14.8 Å². The van der Waals surface area contributed by atoms with Gasteiger partial charge in [-0.1, -0.05) is 70.5 Å². The van der Waals surface area contributed by atoms with Crippen molar-refractivity contribution in [1.82, 2.24) is 14.8 Å². The minimum Gasteiger partial charge on any atom is -0.472 e. The van der Waals surface area contributed by atoms with Gasteiger partial charge in [-0.3, -0.25) is 4.98 Å². The highest BCUT2D eigenvalue weighted by atomic mass is 79.9. The van der Waals surface area contributed by atoms with E-state index in [9.17, 15) is 0 Å². The molecule has 0 aliphatic carbocycles. The molecule has 0 fully saturated rings. The molecule has 0 saturated heterocycles. The number of halogens is 1. The Balaban J connectivity index is 1.71. The summed E-state index contributed by atoms with van der Waals surface area (Å²) in [7, 11) is 0. The zero-order valence-electron chi connectivity index (χ0n) is 15.8. The molecule has 3 aromatic carbocycles. The predicted molar refractivity (Wildman–Crippen MR) is 120 cm³/mol. The molecule has 2 heterocycles. The third-order valence-electron chi connectivity index (χ3n) is 5.04. The topological polar surface area (TPSA) is 39.9 Å². The fourth-order valence-electron chi connectivity index (χ4n) is 3.52. The average Bonchev–Trinajstić information content (AvgIpc) is 3.12. The van der Waals surface area contributed by atoms with Gasteiger partial charge in [0.05, 0.1) is 16.6 Å². The summed E-state index contributed by atoms with van der Waals surface area (Å²) in [5, 5.41) is 6.87. The van der Waals surface area contributed by atoms with Gasteiger partial charge in [0.25, 0.3) is 0 Å². The van der Waals surface area contributed by atoms with Crippen LogP contribution >= 0.6 is 15.9 Å². The fraction of sp³-hybridized carbons (Fsp3) is 0.0833. The molecule has 0 aliphatic rings. The molecule has 0 aliphatic heterocycles. The van der Waals surface area contributed by atoms with Gasteiger partial charge in [0.2, 0.25) is 5.88 Å². The third-order valence-corrected chi connectivity index (χ3v) is 5.81. The lowest BCUT2D eigenvalue weighted by atomic mass is 10.1. The molecule has 0 N–H and O–H groups in total. The summed E-state index contributed by atoms with van der Waals surface area (Å²) in [6.45, 7) is 2.51. The van der Waals surface area contributed by atoms with Crippen LogP contribution in [0.25, 0.3) is 27.5 Å². The Hall–Kier alpha value is -3.18. The Bertz CT molecular complexity index is 1340. The average molecular weight is 444 g/mol. The highest BCUT2D eigenvalue weighted by Crippen LogP contribution is 2.34. The fourth-order valence-corrected chi connectivity index (χ4v) is 3.91. The number of hydrogen-bond donors (Lipinski definition) is 0. The number of para-hydroxylation sites is 2. The Morgan fingerprint density at radius 1 is 0.897 bits per heavy atom. The first-order valence-corrected chi connectivity index (χ1v) is 10.2. The van der Waals surface area contributed by atoms with Crippen LogP contribution in [0.1, 0.15) is 11.1 Å².